The third-order valence-electron chi connectivity index (χ3n) is 3.12. The molecular formula is C12H18BrNS. The van der Waals surface area contributed by atoms with Crippen molar-refractivity contribution in [3.05, 3.63) is 20.8 Å². The smallest absolute Gasteiger partial charge is 0.0285 e. The van der Waals surface area contributed by atoms with Crippen LogP contribution in [0.5, 0.6) is 0 Å². The molecular weight excluding hydrogens is 270 g/mol. The molecule has 0 amide bonds. The fraction of sp³-hybridized carbons (Fsp3) is 0.667. The first-order chi connectivity index (χ1) is 7.24. The molecule has 3 heteroatoms. The van der Waals surface area contributed by atoms with Crippen molar-refractivity contribution in [2.75, 3.05) is 6.54 Å². The van der Waals surface area contributed by atoms with E-state index < -0.39 is 0 Å². The highest BCUT2D eigenvalue weighted by Gasteiger charge is 2.17. The Morgan fingerprint density at radius 3 is 3.13 bits per heavy atom. The Balaban J connectivity index is 1.77. The Labute approximate surface area is 104 Å². The highest BCUT2D eigenvalue weighted by Crippen LogP contribution is 2.23. The lowest BCUT2D eigenvalue weighted by Crippen LogP contribution is -2.37. The average molecular weight is 288 g/mol. The van der Waals surface area contributed by atoms with Gasteiger partial charge in [-0.2, -0.15) is 0 Å². The van der Waals surface area contributed by atoms with Gasteiger partial charge < -0.3 is 5.32 Å². The summed E-state index contributed by atoms with van der Waals surface area (Å²) in [6.07, 6.45) is 5.21. The van der Waals surface area contributed by atoms with Crippen molar-refractivity contribution in [1.82, 2.24) is 5.32 Å². The van der Waals surface area contributed by atoms with Crippen LogP contribution in [0.2, 0.25) is 0 Å². The first kappa shape index (κ1) is 11.6. The largest absolute Gasteiger partial charge is 0.314 e. The number of rotatable bonds is 3. The number of hydrogen-bond donors (Lipinski definition) is 1. The lowest BCUT2D eigenvalue weighted by atomic mass is 9.92. The van der Waals surface area contributed by atoms with E-state index in [1.165, 1.54) is 41.6 Å². The van der Waals surface area contributed by atoms with Crippen molar-refractivity contribution in [3.8, 4) is 0 Å². The summed E-state index contributed by atoms with van der Waals surface area (Å²) in [6.45, 7) is 3.58. The second-order valence-electron chi connectivity index (χ2n) is 4.55. The van der Waals surface area contributed by atoms with Crippen LogP contribution in [-0.2, 0) is 6.42 Å². The molecule has 0 aromatic carbocycles. The predicted octanol–water partition coefficient (Wildman–Crippen LogP) is 3.83. The third-order valence-corrected chi connectivity index (χ3v) is 4.88. The number of aryl methyl sites for hydroxylation is 1. The molecule has 2 atom stereocenters. The monoisotopic (exact) mass is 287 g/mol. The minimum atomic E-state index is 0.745. The summed E-state index contributed by atoms with van der Waals surface area (Å²) in [5.74, 6) is 0.909. The van der Waals surface area contributed by atoms with Crippen molar-refractivity contribution in [1.29, 1.82) is 0 Å². The minimum Gasteiger partial charge on any atom is -0.314 e. The topological polar surface area (TPSA) is 12.0 Å². The van der Waals surface area contributed by atoms with Crippen LogP contribution < -0.4 is 5.32 Å². The molecule has 0 spiro atoms. The van der Waals surface area contributed by atoms with E-state index in [0.29, 0.717) is 0 Å². The van der Waals surface area contributed by atoms with Crippen LogP contribution in [-0.4, -0.2) is 12.6 Å². The Hall–Kier alpha value is 0.140. The highest BCUT2D eigenvalue weighted by atomic mass is 79.9. The molecule has 1 aliphatic heterocycles. The fourth-order valence-electron chi connectivity index (χ4n) is 2.24. The van der Waals surface area contributed by atoms with E-state index in [1.54, 1.807) is 0 Å². The van der Waals surface area contributed by atoms with Crippen LogP contribution in [0, 0.1) is 5.92 Å². The van der Waals surface area contributed by atoms with E-state index in [1.807, 2.05) is 11.3 Å². The van der Waals surface area contributed by atoms with E-state index in [-0.39, 0.29) is 0 Å². The van der Waals surface area contributed by atoms with Gasteiger partial charge in [0, 0.05) is 20.8 Å². The van der Waals surface area contributed by atoms with Gasteiger partial charge in [-0.3, -0.25) is 0 Å². The van der Waals surface area contributed by atoms with Crippen LogP contribution in [0.4, 0.5) is 0 Å². The Bertz CT molecular complexity index is 310. The molecule has 0 bridgehead atoms. The van der Waals surface area contributed by atoms with Crippen molar-refractivity contribution in [3.63, 3.8) is 0 Å². The van der Waals surface area contributed by atoms with Crippen LogP contribution in [0.15, 0.2) is 15.9 Å². The van der Waals surface area contributed by atoms with Gasteiger partial charge >= 0.3 is 0 Å². The molecule has 0 radical (unpaired) electrons. The molecule has 15 heavy (non-hydrogen) atoms. The number of halogens is 1. The zero-order chi connectivity index (χ0) is 10.7. The lowest BCUT2D eigenvalue weighted by Gasteiger charge is -2.28. The molecule has 84 valence electrons. The van der Waals surface area contributed by atoms with E-state index in [9.17, 15) is 0 Å². The molecule has 1 nitrogen and oxygen atoms in total. The summed E-state index contributed by atoms with van der Waals surface area (Å²) in [6, 6.07) is 2.99. The second kappa shape index (κ2) is 5.46. The lowest BCUT2D eigenvalue weighted by molar-refractivity contribution is 0.308. The van der Waals surface area contributed by atoms with Crippen LogP contribution >= 0.6 is 27.3 Å². The minimum absolute atomic E-state index is 0.745. The van der Waals surface area contributed by atoms with Crippen molar-refractivity contribution in [2.24, 2.45) is 5.92 Å². The van der Waals surface area contributed by atoms with Gasteiger partial charge in [0.25, 0.3) is 0 Å². The Kier molecular flexibility index (Phi) is 4.23. The summed E-state index contributed by atoms with van der Waals surface area (Å²) >= 11 is 5.37. The van der Waals surface area contributed by atoms with E-state index in [0.717, 1.165) is 12.0 Å². The standard InChI is InChI=1S/C12H18BrNS/c1-9-4-5-14-11(6-9)2-3-12-7-10(13)8-15-12/h7-9,11,14H,2-6H2,1H3. The van der Waals surface area contributed by atoms with E-state index in [2.05, 4.69) is 39.6 Å². The predicted molar refractivity (Wildman–Crippen MR) is 70.5 cm³/mol. The fourth-order valence-corrected chi connectivity index (χ4v) is 3.71. The van der Waals surface area contributed by atoms with Crippen molar-refractivity contribution < 1.29 is 0 Å². The molecule has 0 aliphatic carbocycles. The van der Waals surface area contributed by atoms with Gasteiger partial charge in [0.2, 0.25) is 0 Å². The molecule has 2 unspecified atom stereocenters. The zero-order valence-corrected chi connectivity index (χ0v) is 11.5. The molecule has 1 aromatic rings. The second-order valence-corrected chi connectivity index (χ2v) is 6.46. The first-order valence-electron chi connectivity index (χ1n) is 5.70. The zero-order valence-electron chi connectivity index (χ0n) is 9.13. The molecule has 1 N–H and O–H groups in total. The maximum atomic E-state index is 3.62. The SMILES string of the molecule is CC1CCNC(CCc2cc(Br)cs2)C1. The summed E-state index contributed by atoms with van der Waals surface area (Å²) in [5, 5.41) is 5.79. The van der Waals surface area contributed by atoms with Gasteiger partial charge in [0.15, 0.2) is 0 Å². The number of piperidine rings is 1. The maximum Gasteiger partial charge on any atom is 0.0285 e. The highest BCUT2D eigenvalue weighted by molar-refractivity contribution is 9.10. The van der Waals surface area contributed by atoms with Gasteiger partial charge in [-0.1, -0.05) is 6.92 Å². The van der Waals surface area contributed by atoms with Gasteiger partial charge in [0.1, 0.15) is 0 Å². The summed E-state index contributed by atoms with van der Waals surface area (Å²) in [7, 11) is 0. The molecule has 1 fully saturated rings. The normalized spacial score (nSPS) is 26.8. The first-order valence-corrected chi connectivity index (χ1v) is 7.37. The number of nitrogens with one attached hydrogen (secondary N) is 1. The van der Waals surface area contributed by atoms with Crippen molar-refractivity contribution in [2.45, 2.75) is 38.6 Å². The Morgan fingerprint density at radius 1 is 1.60 bits per heavy atom. The third kappa shape index (κ3) is 3.58. The van der Waals surface area contributed by atoms with Gasteiger partial charge in [0.05, 0.1) is 0 Å². The maximum absolute atomic E-state index is 3.62. The molecule has 1 aliphatic rings. The summed E-state index contributed by atoms with van der Waals surface area (Å²) < 4.78 is 1.23. The number of hydrogen-bond acceptors (Lipinski definition) is 2. The van der Waals surface area contributed by atoms with Crippen molar-refractivity contribution >= 4 is 27.3 Å². The summed E-state index contributed by atoms with van der Waals surface area (Å²) in [4.78, 5) is 1.50. The molecule has 1 saturated heterocycles. The molecule has 2 rings (SSSR count). The van der Waals surface area contributed by atoms with Crippen LogP contribution in [0.1, 0.15) is 31.1 Å². The molecule has 1 aromatic heterocycles. The summed E-state index contributed by atoms with van der Waals surface area (Å²) in [5.41, 5.74) is 0. The van der Waals surface area contributed by atoms with Gasteiger partial charge in [-0.15, -0.1) is 11.3 Å². The quantitative estimate of drug-likeness (QED) is 0.891. The number of thiophene rings is 1. The van der Waals surface area contributed by atoms with Gasteiger partial charge in [-0.05, 0) is 60.1 Å². The van der Waals surface area contributed by atoms with Gasteiger partial charge in [-0.25, -0.2) is 0 Å². The average Bonchev–Trinajstić information content (AvgIpc) is 2.62. The molecule has 2 heterocycles. The van der Waals surface area contributed by atoms with E-state index in [4.69, 9.17) is 0 Å². The Morgan fingerprint density at radius 2 is 2.47 bits per heavy atom. The van der Waals surface area contributed by atoms with Crippen LogP contribution in [0.25, 0.3) is 0 Å². The van der Waals surface area contributed by atoms with E-state index >= 15 is 0 Å². The van der Waals surface area contributed by atoms with Crippen LogP contribution in [0.3, 0.4) is 0 Å². The molecule has 0 saturated carbocycles.